The van der Waals surface area contributed by atoms with Crippen molar-refractivity contribution in [1.29, 1.82) is 0 Å². The van der Waals surface area contributed by atoms with Gasteiger partial charge in [0.1, 0.15) is 23.4 Å². The molecule has 1 N–H and O–H groups in total. The first-order chi connectivity index (χ1) is 12.2. The molecule has 0 radical (unpaired) electrons. The number of β-amino-alcohol motifs (C(OH)–C–C–N with tert-alkyl or cyclic N) is 1. The van der Waals surface area contributed by atoms with E-state index in [1.165, 1.54) is 4.90 Å². The molecule has 2 amide bonds. The average molecular weight is 451 g/mol. The van der Waals surface area contributed by atoms with Gasteiger partial charge in [-0.3, -0.25) is 0 Å². The van der Waals surface area contributed by atoms with E-state index in [-0.39, 0.29) is 29.2 Å². The summed E-state index contributed by atoms with van der Waals surface area (Å²) in [6.45, 7) is 13.3. The van der Waals surface area contributed by atoms with Crippen molar-refractivity contribution in [3.8, 4) is 0 Å². The first-order valence-electron chi connectivity index (χ1n) is 9.18. The Morgan fingerprint density at radius 3 is 1.63 bits per heavy atom. The third-order valence-corrected chi connectivity index (χ3v) is 4.91. The van der Waals surface area contributed by atoms with Gasteiger partial charge in [0.05, 0.1) is 30.6 Å². The van der Waals surface area contributed by atoms with Gasteiger partial charge in [0.2, 0.25) is 0 Å². The number of aliphatic hydroxyl groups excluding tert-OH is 1. The van der Waals surface area contributed by atoms with E-state index < -0.39 is 17.3 Å². The van der Waals surface area contributed by atoms with Crippen molar-refractivity contribution in [3.63, 3.8) is 0 Å². The molecule has 8 nitrogen and oxygen atoms in total. The van der Waals surface area contributed by atoms with Crippen LogP contribution in [0.15, 0.2) is 0 Å². The van der Waals surface area contributed by atoms with Crippen molar-refractivity contribution < 1.29 is 28.9 Å². The number of likely N-dealkylation sites (tertiary alicyclic amines) is 2. The number of aliphatic hydroxyl groups is 1. The summed E-state index contributed by atoms with van der Waals surface area (Å²) in [5, 5.41) is 9.42. The van der Waals surface area contributed by atoms with Gasteiger partial charge >= 0.3 is 12.2 Å². The second kappa shape index (κ2) is 8.13. The molecule has 9 heteroatoms. The predicted octanol–water partition coefficient (Wildman–Crippen LogP) is 2.37. The van der Waals surface area contributed by atoms with E-state index in [0.29, 0.717) is 26.2 Å². The lowest BCUT2D eigenvalue weighted by atomic mass is 10.2. The molecule has 3 fully saturated rings. The van der Waals surface area contributed by atoms with Gasteiger partial charge in [-0.2, -0.15) is 0 Å². The molecule has 156 valence electrons. The Hall–Kier alpha value is -1.06. The van der Waals surface area contributed by atoms with E-state index in [0.717, 1.165) is 0 Å². The Balaban J connectivity index is 0.000000194. The molecule has 3 heterocycles. The standard InChI is InChI=1S/C9H16BrNO3.C9H15NO3/c1-9(2,3)14-8(13)11-4-6(10)7(12)5-11;1-9(2,3)13-8(11)10-4-6-7(5-10)12-6/h6-7,12H,4-5H2,1-3H3;6-7H,4-5H2,1-3H3/t6-,7-;/m0./s1. The summed E-state index contributed by atoms with van der Waals surface area (Å²) in [5.74, 6) is 0. The Kier molecular flexibility index (Phi) is 6.69. The summed E-state index contributed by atoms with van der Waals surface area (Å²) in [7, 11) is 0. The molecular weight excluding hydrogens is 420 g/mol. The zero-order valence-corrected chi connectivity index (χ0v) is 18.5. The fourth-order valence-corrected chi connectivity index (χ4v) is 3.22. The van der Waals surface area contributed by atoms with Crippen molar-refractivity contribution in [3.05, 3.63) is 0 Å². The zero-order chi connectivity index (χ0) is 20.6. The average Bonchev–Trinajstić information content (AvgIpc) is 2.92. The van der Waals surface area contributed by atoms with Gasteiger partial charge in [-0.05, 0) is 41.5 Å². The van der Waals surface area contributed by atoms with Gasteiger partial charge in [-0.15, -0.1) is 0 Å². The Morgan fingerprint density at radius 1 is 0.889 bits per heavy atom. The van der Waals surface area contributed by atoms with E-state index in [1.807, 2.05) is 41.5 Å². The maximum atomic E-state index is 11.5. The molecule has 0 saturated carbocycles. The van der Waals surface area contributed by atoms with E-state index in [1.54, 1.807) is 4.90 Å². The Bertz CT molecular complexity index is 539. The number of amides is 2. The highest BCUT2D eigenvalue weighted by atomic mass is 79.9. The van der Waals surface area contributed by atoms with Gasteiger partial charge in [0.25, 0.3) is 0 Å². The SMILES string of the molecule is CC(C)(C)OC(=O)N1CC2OC2C1.CC(C)(C)OC(=O)N1C[C@H](O)[C@@H](Br)C1. The minimum Gasteiger partial charge on any atom is -0.444 e. The fraction of sp³-hybridized carbons (Fsp3) is 0.889. The number of alkyl halides is 1. The topological polar surface area (TPSA) is 91.8 Å². The molecule has 0 bridgehead atoms. The lowest BCUT2D eigenvalue weighted by molar-refractivity contribution is 0.0228. The molecular formula is C18H31BrN2O6. The number of nitrogens with zero attached hydrogens (tertiary/aromatic N) is 2. The number of fused-ring (bicyclic) bond motifs is 1. The zero-order valence-electron chi connectivity index (χ0n) is 16.9. The number of rotatable bonds is 0. The minimum atomic E-state index is -0.498. The van der Waals surface area contributed by atoms with Gasteiger partial charge in [0.15, 0.2) is 0 Å². The van der Waals surface area contributed by atoms with E-state index in [4.69, 9.17) is 14.2 Å². The summed E-state index contributed by atoms with van der Waals surface area (Å²) in [6.07, 6.45) is -0.510. The molecule has 2 unspecified atom stereocenters. The minimum absolute atomic E-state index is 0.0463. The molecule has 3 saturated heterocycles. The summed E-state index contributed by atoms with van der Waals surface area (Å²) in [4.78, 5) is 26.2. The highest BCUT2D eigenvalue weighted by Gasteiger charge is 2.49. The number of morpholine rings is 1. The summed E-state index contributed by atoms with van der Waals surface area (Å²) >= 11 is 3.29. The molecule has 0 aliphatic carbocycles. The maximum absolute atomic E-state index is 11.5. The largest absolute Gasteiger partial charge is 0.444 e. The molecule has 27 heavy (non-hydrogen) atoms. The number of carbonyl (C=O) groups is 2. The van der Waals surface area contributed by atoms with Crippen molar-refractivity contribution in [2.45, 2.75) is 75.9 Å². The second-order valence-electron chi connectivity index (χ2n) is 9.07. The fourth-order valence-electron chi connectivity index (χ4n) is 2.71. The monoisotopic (exact) mass is 450 g/mol. The van der Waals surface area contributed by atoms with E-state index >= 15 is 0 Å². The van der Waals surface area contributed by atoms with Crippen molar-refractivity contribution in [2.24, 2.45) is 0 Å². The lowest BCUT2D eigenvalue weighted by Crippen LogP contribution is -2.37. The van der Waals surface area contributed by atoms with Crippen LogP contribution in [0.5, 0.6) is 0 Å². The first kappa shape index (κ1) is 22.2. The highest BCUT2D eigenvalue weighted by molar-refractivity contribution is 9.09. The quantitative estimate of drug-likeness (QED) is 0.449. The number of hydrogen-bond acceptors (Lipinski definition) is 6. The first-order valence-corrected chi connectivity index (χ1v) is 10.1. The number of halogens is 1. The van der Waals surface area contributed by atoms with Crippen LogP contribution in [0.25, 0.3) is 0 Å². The van der Waals surface area contributed by atoms with Crippen LogP contribution in [0.2, 0.25) is 0 Å². The van der Waals surface area contributed by atoms with Gasteiger partial charge in [0, 0.05) is 6.54 Å². The third-order valence-electron chi connectivity index (χ3n) is 4.01. The second-order valence-corrected chi connectivity index (χ2v) is 10.2. The van der Waals surface area contributed by atoms with Crippen LogP contribution < -0.4 is 0 Å². The molecule has 3 rings (SSSR count). The van der Waals surface area contributed by atoms with Gasteiger partial charge in [-0.1, -0.05) is 15.9 Å². The summed E-state index contributed by atoms with van der Waals surface area (Å²) in [6, 6.07) is 0. The molecule has 0 aromatic rings. The Labute approximate surface area is 169 Å². The van der Waals surface area contributed by atoms with Crippen LogP contribution in [0.1, 0.15) is 41.5 Å². The van der Waals surface area contributed by atoms with Crippen LogP contribution in [-0.2, 0) is 14.2 Å². The normalized spacial score (nSPS) is 29.6. The molecule has 3 aliphatic rings. The van der Waals surface area contributed by atoms with Crippen LogP contribution >= 0.6 is 15.9 Å². The molecule has 0 aromatic carbocycles. The number of epoxide rings is 1. The van der Waals surface area contributed by atoms with Crippen LogP contribution in [0.3, 0.4) is 0 Å². The highest BCUT2D eigenvalue weighted by Crippen LogP contribution is 2.31. The van der Waals surface area contributed by atoms with Gasteiger partial charge in [-0.25, -0.2) is 9.59 Å². The number of carbonyl (C=O) groups excluding carboxylic acids is 2. The van der Waals surface area contributed by atoms with Crippen LogP contribution in [-0.4, -0.2) is 87.6 Å². The molecule has 4 atom stereocenters. The Morgan fingerprint density at radius 2 is 1.30 bits per heavy atom. The number of ether oxygens (including phenoxy) is 3. The summed E-state index contributed by atoms with van der Waals surface area (Å²) < 4.78 is 15.6. The van der Waals surface area contributed by atoms with Crippen molar-refractivity contribution >= 4 is 28.1 Å². The molecule has 0 spiro atoms. The maximum Gasteiger partial charge on any atom is 0.410 e. The third kappa shape index (κ3) is 7.12. The lowest BCUT2D eigenvalue weighted by Gasteiger charge is -2.24. The van der Waals surface area contributed by atoms with Crippen LogP contribution in [0.4, 0.5) is 9.59 Å². The van der Waals surface area contributed by atoms with E-state index in [9.17, 15) is 14.7 Å². The smallest absolute Gasteiger partial charge is 0.410 e. The van der Waals surface area contributed by atoms with Crippen LogP contribution in [0, 0.1) is 0 Å². The van der Waals surface area contributed by atoms with Gasteiger partial charge < -0.3 is 29.1 Å². The number of hydrogen-bond donors (Lipinski definition) is 1. The summed E-state index contributed by atoms with van der Waals surface area (Å²) in [5.41, 5.74) is -0.878. The van der Waals surface area contributed by atoms with E-state index in [2.05, 4.69) is 15.9 Å². The van der Waals surface area contributed by atoms with Crippen molar-refractivity contribution in [1.82, 2.24) is 9.80 Å². The molecule has 3 aliphatic heterocycles. The van der Waals surface area contributed by atoms with Crippen molar-refractivity contribution in [2.75, 3.05) is 26.2 Å². The predicted molar refractivity (Wildman–Crippen MR) is 103 cm³/mol. The molecule has 0 aromatic heterocycles.